The van der Waals surface area contributed by atoms with E-state index in [4.69, 9.17) is 0 Å². The first-order valence-corrected chi connectivity index (χ1v) is 5.91. The molecule has 1 aromatic carbocycles. The minimum atomic E-state index is 0.435. The van der Waals surface area contributed by atoms with Crippen molar-refractivity contribution in [3.05, 3.63) is 29.3 Å². The molecule has 0 aliphatic heterocycles. The second-order valence-corrected chi connectivity index (χ2v) is 4.98. The van der Waals surface area contributed by atoms with Gasteiger partial charge < -0.3 is 5.11 Å². The van der Waals surface area contributed by atoms with Crippen molar-refractivity contribution in [1.82, 2.24) is 4.90 Å². The average Bonchev–Trinajstić information content (AvgIpc) is 2.23. The lowest BCUT2D eigenvalue weighted by Crippen LogP contribution is -2.32. The molecule has 0 aliphatic carbocycles. The van der Waals surface area contributed by atoms with Crippen LogP contribution >= 0.6 is 0 Å². The fourth-order valence-electron chi connectivity index (χ4n) is 1.77. The summed E-state index contributed by atoms with van der Waals surface area (Å²) in [5.41, 5.74) is 1.96. The first kappa shape index (κ1) is 13.0. The van der Waals surface area contributed by atoms with E-state index >= 15 is 0 Å². The molecular weight excluding hydrogens is 198 g/mol. The lowest BCUT2D eigenvalue weighted by molar-refractivity contribution is 0.198. The number of para-hydroxylation sites is 1. The number of aryl methyl sites for hydroxylation is 1. The Labute approximate surface area is 98.9 Å². The van der Waals surface area contributed by atoms with Crippen LogP contribution in [0.3, 0.4) is 0 Å². The molecule has 0 aromatic heterocycles. The smallest absolute Gasteiger partial charge is 0.122 e. The minimum absolute atomic E-state index is 0.435. The normalized spacial score (nSPS) is 13.4. The summed E-state index contributed by atoms with van der Waals surface area (Å²) in [4.78, 5) is 2.28. The number of nitrogens with zero attached hydrogens (tertiary/aromatic N) is 1. The number of aromatic hydroxyl groups is 1. The van der Waals surface area contributed by atoms with Gasteiger partial charge in [-0.15, -0.1) is 0 Å². The van der Waals surface area contributed by atoms with Gasteiger partial charge in [-0.1, -0.05) is 32.0 Å². The van der Waals surface area contributed by atoms with Crippen molar-refractivity contribution in [1.29, 1.82) is 0 Å². The zero-order valence-corrected chi connectivity index (χ0v) is 11.0. The van der Waals surface area contributed by atoms with E-state index in [9.17, 15) is 5.11 Å². The molecule has 1 unspecified atom stereocenters. The largest absolute Gasteiger partial charge is 0.507 e. The van der Waals surface area contributed by atoms with E-state index in [1.807, 2.05) is 25.1 Å². The van der Waals surface area contributed by atoms with Crippen LogP contribution in [0, 0.1) is 12.8 Å². The highest BCUT2D eigenvalue weighted by Gasteiger charge is 2.14. The van der Waals surface area contributed by atoms with E-state index in [0.29, 0.717) is 17.7 Å². The molecule has 1 rings (SSSR count). The van der Waals surface area contributed by atoms with Gasteiger partial charge in [-0.05, 0) is 32.4 Å². The SMILES string of the molecule is Cc1cccc(CN(C)C(C)C(C)C)c1O. The van der Waals surface area contributed by atoms with Crippen LogP contribution in [0.25, 0.3) is 0 Å². The van der Waals surface area contributed by atoms with Gasteiger partial charge in [0.2, 0.25) is 0 Å². The lowest BCUT2D eigenvalue weighted by atomic mass is 10.0. The second-order valence-electron chi connectivity index (χ2n) is 4.98. The molecule has 16 heavy (non-hydrogen) atoms. The summed E-state index contributed by atoms with van der Waals surface area (Å²) >= 11 is 0. The third-order valence-electron chi connectivity index (χ3n) is 3.40. The van der Waals surface area contributed by atoms with Crippen LogP contribution in [0.4, 0.5) is 0 Å². The molecule has 0 fully saturated rings. The molecule has 0 saturated carbocycles. The van der Waals surface area contributed by atoms with Crippen molar-refractivity contribution in [2.75, 3.05) is 7.05 Å². The Kier molecular flexibility index (Phi) is 4.36. The maximum atomic E-state index is 9.94. The molecule has 1 aromatic rings. The van der Waals surface area contributed by atoms with Crippen LogP contribution in [0.1, 0.15) is 31.9 Å². The number of phenols is 1. The molecule has 2 nitrogen and oxygen atoms in total. The van der Waals surface area contributed by atoms with E-state index in [0.717, 1.165) is 17.7 Å². The van der Waals surface area contributed by atoms with Gasteiger partial charge in [0, 0.05) is 18.2 Å². The van der Waals surface area contributed by atoms with Gasteiger partial charge in [0.05, 0.1) is 0 Å². The maximum absolute atomic E-state index is 9.94. The van der Waals surface area contributed by atoms with Crippen molar-refractivity contribution in [2.45, 2.75) is 40.3 Å². The van der Waals surface area contributed by atoms with Crippen LogP contribution in [0.5, 0.6) is 5.75 Å². The van der Waals surface area contributed by atoms with Crippen LogP contribution in [0.2, 0.25) is 0 Å². The molecule has 1 atom stereocenters. The summed E-state index contributed by atoms with van der Waals surface area (Å²) in [5.74, 6) is 1.06. The van der Waals surface area contributed by atoms with Gasteiger partial charge >= 0.3 is 0 Å². The summed E-state index contributed by atoms with van der Waals surface area (Å²) in [5, 5.41) is 9.94. The minimum Gasteiger partial charge on any atom is -0.507 e. The van der Waals surface area contributed by atoms with Gasteiger partial charge in [-0.2, -0.15) is 0 Å². The van der Waals surface area contributed by atoms with E-state index in [1.165, 1.54) is 0 Å². The lowest BCUT2D eigenvalue weighted by Gasteiger charge is -2.28. The topological polar surface area (TPSA) is 23.5 Å². The molecule has 2 heteroatoms. The van der Waals surface area contributed by atoms with Gasteiger partial charge in [0.1, 0.15) is 5.75 Å². The van der Waals surface area contributed by atoms with Crippen molar-refractivity contribution in [3.63, 3.8) is 0 Å². The average molecular weight is 221 g/mol. The third kappa shape index (κ3) is 2.99. The van der Waals surface area contributed by atoms with E-state index in [1.54, 1.807) is 0 Å². The molecule has 0 bridgehead atoms. The molecular formula is C14H23NO. The summed E-state index contributed by atoms with van der Waals surface area (Å²) in [6, 6.07) is 6.44. The Hall–Kier alpha value is -1.02. The monoisotopic (exact) mass is 221 g/mol. The summed E-state index contributed by atoms with van der Waals surface area (Å²) in [6.07, 6.45) is 0. The highest BCUT2D eigenvalue weighted by atomic mass is 16.3. The molecule has 0 heterocycles. The highest BCUT2D eigenvalue weighted by molar-refractivity contribution is 5.39. The number of hydrogen-bond acceptors (Lipinski definition) is 2. The van der Waals surface area contributed by atoms with Crippen molar-refractivity contribution >= 4 is 0 Å². The van der Waals surface area contributed by atoms with Crippen LogP contribution in [-0.2, 0) is 6.54 Å². The second kappa shape index (κ2) is 5.35. The van der Waals surface area contributed by atoms with Crippen molar-refractivity contribution in [3.8, 4) is 5.75 Å². The molecule has 1 N–H and O–H groups in total. The Morgan fingerprint density at radius 3 is 2.44 bits per heavy atom. The Morgan fingerprint density at radius 1 is 1.25 bits per heavy atom. The first-order valence-electron chi connectivity index (χ1n) is 5.91. The number of benzene rings is 1. The molecule has 0 spiro atoms. The van der Waals surface area contributed by atoms with Crippen molar-refractivity contribution in [2.24, 2.45) is 5.92 Å². The van der Waals surface area contributed by atoms with Crippen LogP contribution in [-0.4, -0.2) is 23.1 Å². The Bertz CT molecular complexity index is 347. The summed E-state index contributed by atoms with van der Waals surface area (Å²) < 4.78 is 0. The zero-order valence-electron chi connectivity index (χ0n) is 11.0. The quantitative estimate of drug-likeness (QED) is 0.844. The van der Waals surface area contributed by atoms with Crippen LogP contribution < -0.4 is 0 Å². The fourth-order valence-corrected chi connectivity index (χ4v) is 1.77. The number of phenolic OH excluding ortho intramolecular Hbond substituents is 1. The fraction of sp³-hybridized carbons (Fsp3) is 0.571. The Morgan fingerprint density at radius 2 is 1.88 bits per heavy atom. The maximum Gasteiger partial charge on any atom is 0.122 e. The molecule has 0 saturated heterocycles. The van der Waals surface area contributed by atoms with Crippen LogP contribution in [0.15, 0.2) is 18.2 Å². The third-order valence-corrected chi connectivity index (χ3v) is 3.40. The predicted octanol–water partition coefficient (Wildman–Crippen LogP) is 3.18. The van der Waals surface area contributed by atoms with E-state index in [-0.39, 0.29) is 0 Å². The predicted molar refractivity (Wildman–Crippen MR) is 68.6 cm³/mol. The standard InChI is InChI=1S/C14H23NO/c1-10(2)12(4)15(5)9-13-8-6-7-11(3)14(13)16/h6-8,10,12,16H,9H2,1-5H3. The van der Waals surface area contributed by atoms with Gasteiger partial charge in [0.15, 0.2) is 0 Å². The molecule has 90 valence electrons. The number of rotatable bonds is 4. The first-order chi connectivity index (χ1) is 7.43. The highest BCUT2D eigenvalue weighted by Crippen LogP contribution is 2.23. The zero-order chi connectivity index (χ0) is 12.3. The van der Waals surface area contributed by atoms with Crippen molar-refractivity contribution < 1.29 is 5.11 Å². The van der Waals surface area contributed by atoms with E-state index < -0.39 is 0 Å². The molecule has 0 radical (unpaired) electrons. The van der Waals surface area contributed by atoms with Gasteiger partial charge in [-0.25, -0.2) is 0 Å². The van der Waals surface area contributed by atoms with E-state index in [2.05, 4.69) is 32.7 Å². The summed E-state index contributed by atoms with van der Waals surface area (Å²) in [7, 11) is 2.10. The number of hydrogen-bond donors (Lipinski definition) is 1. The molecule has 0 amide bonds. The molecule has 0 aliphatic rings. The summed E-state index contributed by atoms with van der Waals surface area (Å²) in [6.45, 7) is 9.39. The Balaban J connectivity index is 2.77. The van der Waals surface area contributed by atoms with Gasteiger partial charge in [0.25, 0.3) is 0 Å². The van der Waals surface area contributed by atoms with Gasteiger partial charge in [-0.3, -0.25) is 4.90 Å².